The molecule has 0 aliphatic heterocycles. The standard InChI is InChI=1S/C11H19N3O2/c1-4-12-11(3,10(15)16)6-8-14-7-5-9(2)13-14/h5,7,12H,4,6,8H2,1-3H3,(H,15,16). The molecule has 0 bridgehead atoms. The Balaban J connectivity index is 2.60. The van der Waals surface area contributed by atoms with E-state index in [1.54, 1.807) is 11.6 Å². The molecule has 90 valence electrons. The quantitative estimate of drug-likeness (QED) is 0.759. The van der Waals surface area contributed by atoms with Crippen LogP contribution in [0.25, 0.3) is 0 Å². The molecule has 0 saturated carbocycles. The number of carboxylic acids is 1. The van der Waals surface area contributed by atoms with Crippen LogP contribution in [0.3, 0.4) is 0 Å². The highest BCUT2D eigenvalue weighted by Crippen LogP contribution is 2.11. The van der Waals surface area contributed by atoms with E-state index in [-0.39, 0.29) is 0 Å². The third-order valence-electron chi connectivity index (χ3n) is 2.65. The highest BCUT2D eigenvalue weighted by molar-refractivity contribution is 5.78. The van der Waals surface area contributed by atoms with E-state index < -0.39 is 11.5 Å². The summed E-state index contributed by atoms with van der Waals surface area (Å²) in [6.07, 6.45) is 2.38. The number of likely N-dealkylation sites (N-methyl/N-ethyl adjacent to an activating group) is 1. The molecule has 1 heterocycles. The Morgan fingerprint density at radius 3 is 2.81 bits per heavy atom. The first-order chi connectivity index (χ1) is 7.48. The molecular formula is C11H19N3O2. The molecule has 0 saturated heterocycles. The van der Waals surface area contributed by atoms with E-state index in [1.165, 1.54) is 0 Å². The third-order valence-corrected chi connectivity index (χ3v) is 2.65. The molecule has 0 spiro atoms. The van der Waals surface area contributed by atoms with Gasteiger partial charge in [0.25, 0.3) is 0 Å². The summed E-state index contributed by atoms with van der Waals surface area (Å²) in [5.74, 6) is -0.821. The lowest BCUT2D eigenvalue weighted by Crippen LogP contribution is -2.50. The van der Waals surface area contributed by atoms with E-state index in [1.807, 2.05) is 26.1 Å². The van der Waals surface area contributed by atoms with Crippen molar-refractivity contribution in [3.8, 4) is 0 Å². The summed E-state index contributed by atoms with van der Waals surface area (Å²) in [5, 5.41) is 16.4. The average Bonchev–Trinajstić information content (AvgIpc) is 2.61. The van der Waals surface area contributed by atoms with Gasteiger partial charge >= 0.3 is 5.97 Å². The van der Waals surface area contributed by atoms with Crippen LogP contribution in [-0.4, -0.2) is 32.9 Å². The van der Waals surface area contributed by atoms with Gasteiger partial charge < -0.3 is 10.4 Å². The molecule has 0 radical (unpaired) electrons. The van der Waals surface area contributed by atoms with Gasteiger partial charge in [-0.25, -0.2) is 0 Å². The van der Waals surface area contributed by atoms with Crippen molar-refractivity contribution < 1.29 is 9.90 Å². The van der Waals surface area contributed by atoms with E-state index in [2.05, 4.69) is 10.4 Å². The molecule has 0 aliphatic carbocycles. The summed E-state index contributed by atoms with van der Waals surface area (Å²) in [6, 6.07) is 1.91. The molecule has 5 heteroatoms. The molecule has 1 rings (SSSR count). The topological polar surface area (TPSA) is 67.2 Å². The number of carbonyl (C=O) groups is 1. The molecule has 1 aromatic rings. The van der Waals surface area contributed by atoms with Crippen molar-refractivity contribution in [3.05, 3.63) is 18.0 Å². The summed E-state index contributed by atoms with van der Waals surface area (Å²) in [7, 11) is 0. The fourth-order valence-electron chi connectivity index (χ4n) is 1.59. The van der Waals surface area contributed by atoms with Gasteiger partial charge in [0.05, 0.1) is 5.69 Å². The number of carboxylic acid groups (broad SMARTS) is 1. The van der Waals surface area contributed by atoms with E-state index in [9.17, 15) is 4.79 Å². The van der Waals surface area contributed by atoms with Crippen molar-refractivity contribution in [2.24, 2.45) is 0 Å². The first-order valence-corrected chi connectivity index (χ1v) is 5.46. The fraction of sp³-hybridized carbons (Fsp3) is 0.636. The molecule has 1 atom stereocenters. The number of aryl methyl sites for hydroxylation is 2. The van der Waals surface area contributed by atoms with Crippen molar-refractivity contribution >= 4 is 5.97 Å². The molecule has 1 aromatic heterocycles. The van der Waals surface area contributed by atoms with Gasteiger partial charge in [0.15, 0.2) is 0 Å². The smallest absolute Gasteiger partial charge is 0.323 e. The number of hydrogen-bond acceptors (Lipinski definition) is 3. The summed E-state index contributed by atoms with van der Waals surface area (Å²) >= 11 is 0. The van der Waals surface area contributed by atoms with E-state index in [0.29, 0.717) is 19.5 Å². The van der Waals surface area contributed by atoms with Crippen LogP contribution in [-0.2, 0) is 11.3 Å². The summed E-state index contributed by atoms with van der Waals surface area (Å²) in [6.45, 7) is 6.76. The molecule has 16 heavy (non-hydrogen) atoms. The van der Waals surface area contributed by atoms with Crippen molar-refractivity contribution in [2.45, 2.75) is 39.3 Å². The number of aliphatic carboxylic acids is 1. The second kappa shape index (κ2) is 5.12. The Hall–Kier alpha value is -1.36. The van der Waals surface area contributed by atoms with Gasteiger partial charge in [-0.2, -0.15) is 5.10 Å². The summed E-state index contributed by atoms with van der Waals surface area (Å²) < 4.78 is 1.77. The zero-order chi connectivity index (χ0) is 12.2. The van der Waals surface area contributed by atoms with Crippen molar-refractivity contribution in [1.82, 2.24) is 15.1 Å². The van der Waals surface area contributed by atoms with E-state index in [0.717, 1.165) is 5.69 Å². The van der Waals surface area contributed by atoms with Crippen molar-refractivity contribution in [3.63, 3.8) is 0 Å². The lowest BCUT2D eigenvalue weighted by Gasteiger charge is -2.25. The van der Waals surface area contributed by atoms with E-state index >= 15 is 0 Å². The predicted octanol–water partition coefficient (Wildman–Crippen LogP) is 1.03. The first kappa shape index (κ1) is 12.7. The Kier molecular flexibility index (Phi) is 4.06. The molecule has 1 unspecified atom stereocenters. The van der Waals surface area contributed by atoms with Gasteiger partial charge in [-0.15, -0.1) is 0 Å². The Morgan fingerprint density at radius 2 is 2.38 bits per heavy atom. The Morgan fingerprint density at radius 1 is 1.69 bits per heavy atom. The van der Waals surface area contributed by atoms with E-state index in [4.69, 9.17) is 5.11 Å². The molecule has 0 amide bonds. The van der Waals surface area contributed by atoms with Gasteiger partial charge in [-0.1, -0.05) is 6.92 Å². The number of nitrogens with one attached hydrogen (secondary N) is 1. The average molecular weight is 225 g/mol. The van der Waals surface area contributed by atoms with Gasteiger partial charge in [0.2, 0.25) is 0 Å². The summed E-state index contributed by atoms with van der Waals surface area (Å²) in [4.78, 5) is 11.1. The highest BCUT2D eigenvalue weighted by atomic mass is 16.4. The third kappa shape index (κ3) is 3.06. The minimum atomic E-state index is -0.880. The van der Waals surface area contributed by atoms with Crippen LogP contribution < -0.4 is 5.32 Å². The molecule has 5 nitrogen and oxygen atoms in total. The minimum Gasteiger partial charge on any atom is -0.480 e. The highest BCUT2D eigenvalue weighted by Gasteiger charge is 2.31. The van der Waals surface area contributed by atoms with Gasteiger partial charge in [0, 0.05) is 12.7 Å². The predicted molar refractivity (Wildman–Crippen MR) is 61.3 cm³/mol. The largest absolute Gasteiger partial charge is 0.480 e. The van der Waals surface area contributed by atoms with Crippen LogP contribution in [0.15, 0.2) is 12.3 Å². The zero-order valence-electron chi connectivity index (χ0n) is 10.0. The molecule has 0 aliphatic rings. The molecule has 2 N–H and O–H groups in total. The second-order valence-corrected chi connectivity index (χ2v) is 4.14. The minimum absolute atomic E-state index is 0.511. The Labute approximate surface area is 95.5 Å². The lowest BCUT2D eigenvalue weighted by atomic mass is 9.98. The number of nitrogens with zero attached hydrogens (tertiary/aromatic N) is 2. The second-order valence-electron chi connectivity index (χ2n) is 4.14. The van der Waals surface area contributed by atoms with Crippen molar-refractivity contribution in [1.29, 1.82) is 0 Å². The Bertz CT molecular complexity index is 362. The molecule has 0 aromatic carbocycles. The number of rotatable bonds is 6. The summed E-state index contributed by atoms with van der Waals surface area (Å²) in [5.41, 5.74) is 0.0645. The van der Waals surface area contributed by atoms with Crippen LogP contribution in [0.1, 0.15) is 26.0 Å². The van der Waals surface area contributed by atoms with Crippen LogP contribution in [0, 0.1) is 6.92 Å². The number of hydrogen-bond donors (Lipinski definition) is 2. The van der Waals surface area contributed by atoms with Gasteiger partial charge in [-0.05, 0) is 32.9 Å². The van der Waals surface area contributed by atoms with Crippen molar-refractivity contribution in [2.75, 3.05) is 6.54 Å². The maximum absolute atomic E-state index is 11.1. The maximum atomic E-state index is 11.1. The molecular weight excluding hydrogens is 206 g/mol. The van der Waals surface area contributed by atoms with Crippen LogP contribution in [0.4, 0.5) is 0 Å². The van der Waals surface area contributed by atoms with Gasteiger partial charge in [0.1, 0.15) is 5.54 Å². The molecule has 0 fully saturated rings. The SMILES string of the molecule is CCNC(C)(CCn1ccc(C)n1)C(=O)O. The van der Waals surface area contributed by atoms with Gasteiger partial charge in [-0.3, -0.25) is 9.48 Å². The van der Waals surface area contributed by atoms with Crippen LogP contribution in [0.2, 0.25) is 0 Å². The lowest BCUT2D eigenvalue weighted by molar-refractivity contribution is -0.144. The van der Waals surface area contributed by atoms with Crippen LogP contribution in [0.5, 0.6) is 0 Å². The maximum Gasteiger partial charge on any atom is 0.323 e. The first-order valence-electron chi connectivity index (χ1n) is 5.46. The normalized spacial score (nSPS) is 14.7. The zero-order valence-corrected chi connectivity index (χ0v) is 10.0. The number of aromatic nitrogens is 2. The fourth-order valence-corrected chi connectivity index (χ4v) is 1.59. The monoisotopic (exact) mass is 225 g/mol. The van der Waals surface area contributed by atoms with Crippen LogP contribution >= 0.6 is 0 Å².